The number of ether oxygens (including phenoxy) is 1. The van der Waals surface area contributed by atoms with Gasteiger partial charge in [-0.05, 0) is 43.2 Å². The van der Waals surface area contributed by atoms with Crippen LogP contribution in [0.15, 0.2) is 24.4 Å². The second-order valence-corrected chi connectivity index (χ2v) is 7.96. The first-order chi connectivity index (χ1) is 12.7. The van der Waals surface area contributed by atoms with Gasteiger partial charge in [0.05, 0.1) is 24.8 Å². The van der Waals surface area contributed by atoms with Crippen molar-refractivity contribution in [2.75, 3.05) is 32.8 Å². The van der Waals surface area contributed by atoms with E-state index in [2.05, 4.69) is 4.98 Å². The Kier molecular flexibility index (Phi) is 4.94. The van der Waals surface area contributed by atoms with Crippen LogP contribution in [0.3, 0.4) is 0 Å². The van der Waals surface area contributed by atoms with E-state index in [0.717, 1.165) is 51.0 Å². The van der Waals surface area contributed by atoms with Crippen LogP contribution in [-0.4, -0.2) is 59.4 Å². The third kappa shape index (κ3) is 3.61. The molecular weight excluding hydrogens is 330 g/mol. The van der Waals surface area contributed by atoms with Crippen molar-refractivity contribution >= 4 is 11.8 Å². The topological polar surface area (TPSA) is 62.7 Å². The number of aromatic nitrogens is 1. The molecule has 3 fully saturated rings. The number of nitrogens with zero attached hydrogens (tertiary/aromatic N) is 3. The molecule has 0 radical (unpaired) electrons. The molecule has 4 heterocycles. The van der Waals surface area contributed by atoms with Crippen LogP contribution in [0.4, 0.5) is 0 Å². The molecule has 26 heavy (non-hydrogen) atoms. The summed E-state index contributed by atoms with van der Waals surface area (Å²) in [5.41, 5.74) is 1.10. The van der Waals surface area contributed by atoms with Gasteiger partial charge in [0.25, 0.3) is 0 Å². The molecule has 6 heteroatoms. The summed E-state index contributed by atoms with van der Waals surface area (Å²) in [4.78, 5) is 33.3. The monoisotopic (exact) mass is 357 g/mol. The van der Waals surface area contributed by atoms with Gasteiger partial charge in [0.2, 0.25) is 11.8 Å². The third-order valence-corrected chi connectivity index (χ3v) is 6.24. The SMILES string of the molecule is O=C1CCC2(CCN(C(=O)[C@H]3CCOC3)CC2)CN1Cc1ccccn1. The molecule has 1 aromatic rings. The summed E-state index contributed by atoms with van der Waals surface area (Å²) >= 11 is 0. The maximum atomic E-state index is 12.6. The summed E-state index contributed by atoms with van der Waals surface area (Å²) in [6, 6.07) is 5.83. The smallest absolute Gasteiger partial charge is 0.228 e. The van der Waals surface area contributed by atoms with Crippen molar-refractivity contribution in [2.45, 2.75) is 38.6 Å². The minimum absolute atomic E-state index is 0.0534. The van der Waals surface area contributed by atoms with E-state index in [-0.39, 0.29) is 23.1 Å². The van der Waals surface area contributed by atoms with Gasteiger partial charge in [-0.15, -0.1) is 0 Å². The van der Waals surface area contributed by atoms with Crippen LogP contribution in [0.2, 0.25) is 0 Å². The van der Waals surface area contributed by atoms with Crippen LogP contribution in [0.5, 0.6) is 0 Å². The normalized spacial score (nSPS) is 25.7. The first kappa shape index (κ1) is 17.5. The van der Waals surface area contributed by atoms with E-state index in [1.165, 1.54) is 0 Å². The molecule has 0 aliphatic carbocycles. The van der Waals surface area contributed by atoms with E-state index >= 15 is 0 Å². The summed E-state index contributed by atoms with van der Waals surface area (Å²) < 4.78 is 5.36. The molecule has 0 aromatic carbocycles. The summed E-state index contributed by atoms with van der Waals surface area (Å²) in [5.74, 6) is 0.537. The molecule has 2 amide bonds. The van der Waals surface area contributed by atoms with Gasteiger partial charge in [0, 0.05) is 38.9 Å². The zero-order valence-corrected chi connectivity index (χ0v) is 15.2. The molecule has 3 aliphatic rings. The number of hydrogen-bond acceptors (Lipinski definition) is 4. The summed E-state index contributed by atoms with van der Waals surface area (Å²) in [6.07, 6.45) is 6.15. The van der Waals surface area contributed by atoms with E-state index in [1.54, 1.807) is 6.20 Å². The van der Waals surface area contributed by atoms with Crippen LogP contribution in [0, 0.1) is 11.3 Å². The second kappa shape index (κ2) is 7.35. The van der Waals surface area contributed by atoms with Crippen molar-refractivity contribution < 1.29 is 14.3 Å². The predicted octanol–water partition coefficient (Wildman–Crippen LogP) is 1.85. The van der Waals surface area contributed by atoms with Crippen LogP contribution < -0.4 is 0 Å². The zero-order chi connectivity index (χ0) is 18.0. The lowest BCUT2D eigenvalue weighted by molar-refractivity contribution is -0.144. The van der Waals surface area contributed by atoms with Crippen LogP contribution >= 0.6 is 0 Å². The fraction of sp³-hybridized carbons (Fsp3) is 0.650. The van der Waals surface area contributed by atoms with Gasteiger partial charge in [-0.3, -0.25) is 14.6 Å². The number of likely N-dealkylation sites (tertiary alicyclic amines) is 2. The molecule has 0 unspecified atom stereocenters. The Morgan fingerprint density at radius 2 is 2.12 bits per heavy atom. The molecule has 3 aliphatic heterocycles. The molecule has 1 atom stereocenters. The average molecular weight is 357 g/mol. The molecule has 6 nitrogen and oxygen atoms in total. The highest BCUT2D eigenvalue weighted by atomic mass is 16.5. The molecule has 0 saturated carbocycles. The average Bonchev–Trinajstić information content (AvgIpc) is 3.21. The van der Waals surface area contributed by atoms with Gasteiger partial charge in [-0.1, -0.05) is 6.07 Å². The van der Waals surface area contributed by atoms with Crippen LogP contribution in [-0.2, 0) is 20.9 Å². The van der Waals surface area contributed by atoms with E-state index in [4.69, 9.17) is 4.74 Å². The Morgan fingerprint density at radius 1 is 1.27 bits per heavy atom. The number of rotatable bonds is 3. The lowest BCUT2D eigenvalue weighted by atomic mass is 9.72. The van der Waals surface area contributed by atoms with Crippen molar-refractivity contribution in [3.63, 3.8) is 0 Å². The van der Waals surface area contributed by atoms with Gasteiger partial charge in [0.1, 0.15) is 0 Å². The molecule has 0 bridgehead atoms. The number of amides is 2. The largest absolute Gasteiger partial charge is 0.381 e. The first-order valence-electron chi connectivity index (χ1n) is 9.69. The highest BCUT2D eigenvalue weighted by Crippen LogP contribution is 2.41. The molecule has 1 spiro atoms. The Hall–Kier alpha value is -1.95. The van der Waals surface area contributed by atoms with Gasteiger partial charge < -0.3 is 14.5 Å². The Morgan fingerprint density at radius 3 is 2.81 bits per heavy atom. The van der Waals surface area contributed by atoms with E-state index in [9.17, 15) is 9.59 Å². The molecule has 140 valence electrons. The minimum Gasteiger partial charge on any atom is -0.381 e. The third-order valence-electron chi connectivity index (χ3n) is 6.24. The number of piperidine rings is 2. The van der Waals surface area contributed by atoms with Crippen molar-refractivity contribution in [3.05, 3.63) is 30.1 Å². The Bertz CT molecular complexity index is 650. The molecule has 1 aromatic heterocycles. The lowest BCUT2D eigenvalue weighted by Gasteiger charge is -2.47. The maximum absolute atomic E-state index is 12.6. The van der Waals surface area contributed by atoms with Crippen molar-refractivity contribution in [2.24, 2.45) is 11.3 Å². The highest BCUT2D eigenvalue weighted by Gasteiger charge is 2.42. The van der Waals surface area contributed by atoms with Crippen LogP contribution in [0.25, 0.3) is 0 Å². The first-order valence-corrected chi connectivity index (χ1v) is 9.69. The lowest BCUT2D eigenvalue weighted by Crippen LogP contribution is -2.52. The minimum atomic E-state index is 0.0534. The number of carbonyl (C=O) groups excluding carboxylic acids is 2. The summed E-state index contributed by atoms with van der Waals surface area (Å²) in [6.45, 7) is 4.27. The quantitative estimate of drug-likeness (QED) is 0.828. The van der Waals surface area contributed by atoms with Crippen molar-refractivity contribution in [1.82, 2.24) is 14.8 Å². The van der Waals surface area contributed by atoms with Crippen LogP contribution in [0.1, 0.15) is 37.8 Å². The molecular formula is C20H27N3O3. The van der Waals surface area contributed by atoms with E-state index in [0.29, 0.717) is 26.2 Å². The molecule has 4 rings (SSSR count). The number of carbonyl (C=O) groups is 2. The van der Waals surface area contributed by atoms with Gasteiger partial charge in [-0.25, -0.2) is 0 Å². The summed E-state index contributed by atoms with van der Waals surface area (Å²) in [7, 11) is 0. The van der Waals surface area contributed by atoms with Gasteiger partial charge in [0.15, 0.2) is 0 Å². The van der Waals surface area contributed by atoms with Gasteiger partial charge >= 0.3 is 0 Å². The summed E-state index contributed by atoms with van der Waals surface area (Å²) in [5, 5.41) is 0. The van der Waals surface area contributed by atoms with Crippen molar-refractivity contribution in [3.8, 4) is 0 Å². The maximum Gasteiger partial charge on any atom is 0.228 e. The second-order valence-electron chi connectivity index (χ2n) is 7.96. The van der Waals surface area contributed by atoms with Crippen molar-refractivity contribution in [1.29, 1.82) is 0 Å². The highest BCUT2D eigenvalue weighted by molar-refractivity contribution is 5.79. The van der Waals surface area contributed by atoms with E-state index in [1.807, 2.05) is 28.0 Å². The fourth-order valence-electron chi connectivity index (χ4n) is 4.53. The molecule has 0 N–H and O–H groups in total. The number of pyridine rings is 1. The zero-order valence-electron chi connectivity index (χ0n) is 15.2. The predicted molar refractivity (Wildman–Crippen MR) is 96.1 cm³/mol. The van der Waals surface area contributed by atoms with Gasteiger partial charge in [-0.2, -0.15) is 0 Å². The fourth-order valence-corrected chi connectivity index (χ4v) is 4.53. The Balaban J connectivity index is 1.37. The Labute approximate surface area is 154 Å². The molecule has 3 saturated heterocycles. The standard InChI is InChI=1S/C20H27N3O3/c24-18-4-6-20(15-23(18)13-17-3-1-2-9-21-17)7-10-22(11-8-20)19(25)16-5-12-26-14-16/h1-3,9,16H,4-8,10-15H2/t16-/m0/s1. The number of hydrogen-bond donors (Lipinski definition) is 0. The van der Waals surface area contributed by atoms with E-state index < -0.39 is 0 Å².